The standard InChI is InChI=1S/C13H18N4/c1-17-9-11(12-3-2-6-15-12)13(16-17)10-4-7-14-8-5-10/h2-3,6,9-10,14-15H,4-5,7-8H2,1H3. The Hall–Kier alpha value is -1.55. The normalized spacial score (nSPS) is 17.5. The first kappa shape index (κ1) is 10.6. The van der Waals surface area contributed by atoms with Gasteiger partial charge in [0.1, 0.15) is 0 Å². The second-order valence-corrected chi connectivity index (χ2v) is 4.71. The Morgan fingerprint density at radius 1 is 1.35 bits per heavy atom. The van der Waals surface area contributed by atoms with Crippen molar-refractivity contribution in [1.29, 1.82) is 0 Å². The summed E-state index contributed by atoms with van der Waals surface area (Å²) >= 11 is 0. The lowest BCUT2D eigenvalue weighted by atomic mass is 9.91. The van der Waals surface area contributed by atoms with Crippen LogP contribution in [-0.4, -0.2) is 27.9 Å². The number of piperidine rings is 1. The summed E-state index contributed by atoms with van der Waals surface area (Å²) in [5, 5.41) is 8.06. The van der Waals surface area contributed by atoms with Gasteiger partial charge in [-0.2, -0.15) is 5.10 Å². The molecule has 0 spiro atoms. The van der Waals surface area contributed by atoms with Gasteiger partial charge in [-0.25, -0.2) is 0 Å². The van der Waals surface area contributed by atoms with E-state index in [4.69, 9.17) is 0 Å². The van der Waals surface area contributed by atoms with Gasteiger partial charge in [-0.15, -0.1) is 0 Å². The molecule has 1 saturated heterocycles. The van der Waals surface area contributed by atoms with E-state index in [2.05, 4.69) is 27.7 Å². The lowest BCUT2D eigenvalue weighted by molar-refractivity contribution is 0.450. The van der Waals surface area contributed by atoms with Crippen LogP contribution in [0.4, 0.5) is 0 Å². The van der Waals surface area contributed by atoms with Crippen molar-refractivity contribution >= 4 is 0 Å². The number of hydrogen-bond acceptors (Lipinski definition) is 2. The van der Waals surface area contributed by atoms with Crippen LogP contribution in [0.25, 0.3) is 11.3 Å². The lowest BCUT2D eigenvalue weighted by Gasteiger charge is -2.21. The molecule has 3 rings (SSSR count). The van der Waals surface area contributed by atoms with E-state index in [9.17, 15) is 0 Å². The first-order valence-electron chi connectivity index (χ1n) is 6.22. The minimum atomic E-state index is 0.593. The first-order valence-corrected chi connectivity index (χ1v) is 6.22. The van der Waals surface area contributed by atoms with E-state index in [1.165, 1.54) is 29.8 Å². The zero-order chi connectivity index (χ0) is 11.7. The third-order valence-electron chi connectivity index (χ3n) is 3.47. The molecule has 1 aliphatic rings. The molecule has 0 amide bonds. The number of aryl methyl sites for hydroxylation is 1. The van der Waals surface area contributed by atoms with E-state index in [0.29, 0.717) is 5.92 Å². The van der Waals surface area contributed by atoms with Gasteiger partial charge in [0.2, 0.25) is 0 Å². The van der Waals surface area contributed by atoms with E-state index in [1.54, 1.807) is 0 Å². The number of rotatable bonds is 2. The van der Waals surface area contributed by atoms with Crippen LogP contribution in [0, 0.1) is 0 Å². The monoisotopic (exact) mass is 230 g/mol. The van der Waals surface area contributed by atoms with Gasteiger partial charge in [0.15, 0.2) is 0 Å². The van der Waals surface area contributed by atoms with Gasteiger partial charge in [-0.05, 0) is 38.1 Å². The van der Waals surface area contributed by atoms with Crippen LogP contribution in [0.3, 0.4) is 0 Å². The highest BCUT2D eigenvalue weighted by Gasteiger charge is 2.22. The summed E-state index contributed by atoms with van der Waals surface area (Å²) in [6, 6.07) is 4.15. The minimum Gasteiger partial charge on any atom is -0.361 e. The average Bonchev–Trinajstić information content (AvgIpc) is 2.98. The Morgan fingerprint density at radius 3 is 2.88 bits per heavy atom. The second kappa shape index (κ2) is 4.37. The average molecular weight is 230 g/mol. The van der Waals surface area contributed by atoms with Crippen LogP contribution in [-0.2, 0) is 7.05 Å². The van der Waals surface area contributed by atoms with Gasteiger partial charge in [0.25, 0.3) is 0 Å². The molecule has 17 heavy (non-hydrogen) atoms. The summed E-state index contributed by atoms with van der Waals surface area (Å²) < 4.78 is 1.92. The molecule has 0 bridgehead atoms. The Balaban J connectivity index is 1.98. The van der Waals surface area contributed by atoms with E-state index in [0.717, 1.165) is 13.1 Å². The Labute approximate surface area is 101 Å². The Kier molecular flexibility index (Phi) is 2.73. The fraction of sp³-hybridized carbons (Fsp3) is 0.462. The molecular weight excluding hydrogens is 212 g/mol. The van der Waals surface area contributed by atoms with Crippen LogP contribution in [0.2, 0.25) is 0 Å². The highest BCUT2D eigenvalue weighted by Crippen LogP contribution is 2.31. The van der Waals surface area contributed by atoms with Gasteiger partial charge in [0, 0.05) is 36.6 Å². The van der Waals surface area contributed by atoms with Crippen molar-refractivity contribution in [3.63, 3.8) is 0 Å². The molecule has 3 heterocycles. The molecule has 0 aliphatic carbocycles. The van der Waals surface area contributed by atoms with Crippen molar-refractivity contribution in [3.8, 4) is 11.3 Å². The van der Waals surface area contributed by atoms with Gasteiger partial charge < -0.3 is 10.3 Å². The maximum Gasteiger partial charge on any atom is 0.0749 e. The number of nitrogens with one attached hydrogen (secondary N) is 2. The fourth-order valence-corrected chi connectivity index (χ4v) is 2.61. The molecule has 0 atom stereocenters. The van der Waals surface area contributed by atoms with Crippen molar-refractivity contribution in [2.45, 2.75) is 18.8 Å². The van der Waals surface area contributed by atoms with Crippen LogP contribution < -0.4 is 5.32 Å². The maximum atomic E-state index is 4.66. The highest BCUT2D eigenvalue weighted by atomic mass is 15.3. The van der Waals surface area contributed by atoms with Gasteiger partial charge in [-0.1, -0.05) is 0 Å². The zero-order valence-electron chi connectivity index (χ0n) is 10.1. The van der Waals surface area contributed by atoms with Crippen molar-refractivity contribution in [2.24, 2.45) is 7.05 Å². The van der Waals surface area contributed by atoms with Crippen LogP contribution in [0.1, 0.15) is 24.5 Å². The molecule has 0 unspecified atom stereocenters. The number of nitrogens with zero attached hydrogens (tertiary/aromatic N) is 2. The summed E-state index contributed by atoms with van der Waals surface area (Å²) in [4.78, 5) is 3.28. The molecule has 1 fully saturated rings. The second-order valence-electron chi connectivity index (χ2n) is 4.71. The smallest absolute Gasteiger partial charge is 0.0749 e. The lowest BCUT2D eigenvalue weighted by Crippen LogP contribution is -2.27. The molecule has 4 nitrogen and oxygen atoms in total. The van der Waals surface area contributed by atoms with E-state index < -0.39 is 0 Å². The molecule has 0 aromatic carbocycles. The highest BCUT2D eigenvalue weighted by molar-refractivity contribution is 5.62. The summed E-state index contributed by atoms with van der Waals surface area (Å²) in [6.45, 7) is 2.21. The fourth-order valence-electron chi connectivity index (χ4n) is 2.61. The van der Waals surface area contributed by atoms with Crippen LogP contribution in [0.5, 0.6) is 0 Å². The molecular formula is C13H18N4. The molecule has 1 aliphatic heterocycles. The largest absolute Gasteiger partial charge is 0.361 e. The van der Waals surface area contributed by atoms with Crippen molar-refractivity contribution < 1.29 is 0 Å². The van der Waals surface area contributed by atoms with Crippen LogP contribution >= 0.6 is 0 Å². The molecule has 0 radical (unpaired) electrons. The summed E-state index contributed by atoms with van der Waals surface area (Å²) in [7, 11) is 2.00. The van der Waals surface area contributed by atoms with E-state index in [1.807, 2.05) is 24.0 Å². The summed E-state index contributed by atoms with van der Waals surface area (Å²) in [6.07, 6.45) is 6.45. The third kappa shape index (κ3) is 2.00. The topological polar surface area (TPSA) is 45.6 Å². The molecule has 2 N–H and O–H groups in total. The van der Waals surface area contributed by atoms with Gasteiger partial charge in [0.05, 0.1) is 5.69 Å². The predicted molar refractivity (Wildman–Crippen MR) is 67.8 cm³/mol. The Morgan fingerprint density at radius 2 is 2.18 bits per heavy atom. The number of aromatic nitrogens is 3. The van der Waals surface area contributed by atoms with Crippen LogP contribution in [0.15, 0.2) is 24.5 Å². The molecule has 0 saturated carbocycles. The molecule has 4 heteroatoms. The number of aromatic amines is 1. The van der Waals surface area contributed by atoms with Crippen molar-refractivity contribution in [3.05, 3.63) is 30.2 Å². The quantitative estimate of drug-likeness (QED) is 0.827. The number of H-pyrrole nitrogens is 1. The Bertz CT molecular complexity index is 477. The summed E-state index contributed by atoms with van der Waals surface area (Å²) in [5.74, 6) is 0.593. The molecule has 2 aromatic heterocycles. The van der Waals surface area contributed by atoms with E-state index in [-0.39, 0.29) is 0 Å². The first-order chi connectivity index (χ1) is 8.34. The maximum absolute atomic E-state index is 4.66. The zero-order valence-corrected chi connectivity index (χ0v) is 10.1. The molecule has 90 valence electrons. The number of hydrogen-bond donors (Lipinski definition) is 2. The van der Waals surface area contributed by atoms with Gasteiger partial charge in [-0.3, -0.25) is 4.68 Å². The third-order valence-corrected chi connectivity index (χ3v) is 3.47. The minimum absolute atomic E-state index is 0.593. The van der Waals surface area contributed by atoms with E-state index >= 15 is 0 Å². The van der Waals surface area contributed by atoms with Gasteiger partial charge >= 0.3 is 0 Å². The van der Waals surface area contributed by atoms with Crippen molar-refractivity contribution in [2.75, 3.05) is 13.1 Å². The SMILES string of the molecule is Cn1cc(-c2ccc[nH]2)c(C2CCNCC2)n1. The summed E-state index contributed by atoms with van der Waals surface area (Å²) in [5.41, 5.74) is 3.67. The molecule has 2 aromatic rings. The van der Waals surface area contributed by atoms with Crippen molar-refractivity contribution in [1.82, 2.24) is 20.1 Å². The predicted octanol–water partition coefficient (Wildman–Crippen LogP) is 1.88.